The summed E-state index contributed by atoms with van der Waals surface area (Å²) in [7, 11) is 0. The van der Waals surface area contributed by atoms with Crippen molar-refractivity contribution in [2.24, 2.45) is 0 Å². The quantitative estimate of drug-likeness (QED) is 0.482. The predicted molar refractivity (Wildman–Crippen MR) is 101 cm³/mol. The van der Waals surface area contributed by atoms with Gasteiger partial charge in [0.1, 0.15) is 5.58 Å². The number of para-hydroxylation sites is 1. The van der Waals surface area contributed by atoms with Crippen molar-refractivity contribution in [1.82, 2.24) is 0 Å². The minimum Gasteiger partial charge on any atom is -0.475 e. The lowest BCUT2D eigenvalue weighted by Gasteiger charge is -2.15. The van der Waals surface area contributed by atoms with Gasteiger partial charge < -0.3 is 13.6 Å². The first-order chi connectivity index (χ1) is 13.1. The van der Waals surface area contributed by atoms with Crippen molar-refractivity contribution in [2.45, 2.75) is 13.0 Å². The molecule has 0 N–H and O–H groups in total. The second-order valence-electron chi connectivity index (χ2n) is 6.05. The van der Waals surface area contributed by atoms with Gasteiger partial charge in [-0.25, -0.2) is 0 Å². The molecule has 2 heterocycles. The zero-order valence-electron chi connectivity index (χ0n) is 14.5. The number of hydrogen-bond acceptors (Lipinski definition) is 5. The number of hydrogen-bond donors (Lipinski definition) is 0. The van der Waals surface area contributed by atoms with Crippen LogP contribution in [0.5, 0.6) is 5.75 Å². The summed E-state index contributed by atoms with van der Waals surface area (Å²) in [4.78, 5) is 25.6. The van der Waals surface area contributed by atoms with Crippen LogP contribution in [-0.4, -0.2) is 11.9 Å². The van der Waals surface area contributed by atoms with Gasteiger partial charge in [0, 0.05) is 5.56 Å². The zero-order valence-corrected chi connectivity index (χ0v) is 14.5. The van der Waals surface area contributed by atoms with Gasteiger partial charge in [-0.1, -0.05) is 42.5 Å². The number of ketones is 1. The fourth-order valence-corrected chi connectivity index (χ4v) is 2.87. The molecule has 0 spiro atoms. The average molecular weight is 360 g/mol. The molecule has 5 nitrogen and oxygen atoms in total. The van der Waals surface area contributed by atoms with Crippen LogP contribution in [0, 0.1) is 0 Å². The highest BCUT2D eigenvalue weighted by Gasteiger charge is 2.24. The van der Waals surface area contributed by atoms with Crippen molar-refractivity contribution in [1.29, 1.82) is 0 Å². The molecule has 0 aliphatic rings. The normalized spacial score (nSPS) is 12.0. The predicted octanol–water partition coefficient (Wildman–Crippen LogP) is 4.70. The van der Waals surface area contributed by atoms with Crippen molar-refractivity contribution in [3.63, 3.8) is 0 Å². The van der Waals surface area contributed by atoms with Crippen LogP contribution in [0.1, 0.15) is 17.3 Å². The van der Waals surface area contributed by atoms with E-state index in [2.05, 4.69) is 0 Å². The standard InChI is InChI=1S/C22H16O5/c1-14(19(23)15-8-3-2-4-9-15)26-22-20(24)16-10-5-6-11-17(16)27-21(22)18-12-7-13-25-18/h2-14H,1H3. The second-order valence-corrected chi connectivity index (χ2v) is 6.05. The molecule has 1 unspecified atom stereocenters. The van der Waals surface area contributed by atoms with Crippen molar-refractivity contribution >= 4 is 16.8 Å². The summed E-state index contributed by atoms with van der Waals surface area (Å²) in [6, 6.07) is 19.0. The van der Waals surface area contributed by atoms with Gasteiger partial charge in [0.15, 0.2) is 11.9 Å². The van der Waals surface area contributed by atoms with E-state index in [4.69, 9.17) is 13.6 Å². The van der Waals surface area contributed by atoms with E-state index in [0.29, 0.717) is 22.3 Å². The number of benzene rings is 2. The van der Waals surface area contributed by atoms with E-state index in [9.17, 15) is 9.59 Å². The fourth-order valence-electron chi connectivity index (χ4n) is 2.87. The van der Waals surface area contributed by atoms with E-state index < -0.39 is 6.10 Å². The first-order valence-electron chi connectivity index (χ1n) is 8.51. The maximum absolute atomic E-state index is 13.0. The van der Waals surface area contributed by atoms with Crippen LogP contribution in [0.3, 0.4) is 0 Å². The van der Waals surface area contributed by atoms with Gasteiger partial charge in [0.2, 0.25) is 22.7 Å². The summed E-state index contributed by atoms with van der Waals surface area (Å²) in [5.41, 5.74) is 0.578. The Balaban J connectivity index is 1.80. The van der Waals surface area contributed by atoms with Gasteiger partial charge >= 0.3 is 0 Å². The van der Waals surface area contributed by atoms with Crippen LogP contribution < -0.4 is 10.2 Å². The van der Waals surface area contributed by atoms with Crippen LogP contribution in [-0.2, 0) is 0 Å². The van der Waals surface area contributed by atoms with Crippen molar-refractivity contribution in [3.8, 4) is 17.3 Å². The highest BCUT2D eigenvalue weighted by molar-refractivity contribution is 5.99. The highest BCUT2D eigenvalue weighted by atomic mass is 16.5. The van der Waals surface area contributed by atoms with Crippen LogP contribution in [0.2, 0.25) is 0 Å². The summed E-state index contributed by atoms with van der Waals surface area (Å²) in [6.07, 6.45) is 0.609. The molecule has 0 aliphatic heterocycles. The Morgan fingerprint density at radius 1 is 0.963 bits per heavy atom. The SMILES string of the molecule is CC(Oc1c(-c2ccco2)oc2ccccc2c1=O)C(=O)c1ccccc1. The molecule has 0 fully saturated rings. The van der Waals surface area contributed by atoms with Crippen LogP contribution >= 0.6 is 0 Å². The number of fused-ring (bicyclic) bond motifs is 1. The van der Waals surface area contributed by atoms with E-state index in [0.717, 1.165) is 0 Å². The van der Waals surface area contributed by atoms with Crippen LogP contribution in [0.4, 0.5) is 0 Å². The lowest BCUT2D eigenvalue weighted by molar-refractivity contribution is 0.0815. The molecule has 2 aromatic heterocycles. The first-order valence-corrected chi connectivity index (χ1v) is 8.51. The smallest absolute Gasteiger partial charge is 0.235 e. The monoisotopic (exact) mass is 360 g/mol. The molecular formula is C22H16O5. The third-order valence-electron chi connectivity index (χ3n) is 4.22. The Bertz CT molecular complexity index is 1140. The van der Waals surface area contributed by atoms with E-state index in [1.165, 1.54) is 6.26 Å². The number of rotatable bonds is 5. The molecule has 27 heavy (non-hydrogen) atoms. The number of ether oxygens (including phenoxy) is 1. The summed E-state index contributed by atoms with van der Waals surface area (Å²) >= 11 is 0. The molecule has 4 rings (SSSR count). The zero-order chi connectivity index (χ0) is 18.8. The fraction of sp³-hybridized carbons (Fsp3) is 0.0909. The molecule has 5 heteroatoms. The van der Waals surface area contributed by atoms with Gasteiger partial charge in [0.25, 0.3) is 0 Å². The minimum absolute atomic E-state index is 0.0413. The largest absolute Gasteiger partial charge is 0.475 e. The Morgan fingerprint density at radius 2 is 1.70 bits per heavy atom. The minimum atomic E-state index is -0.870. The molecule has 0 radical (unpaired) electrons. The average Bonchev–Trinajstić information content (AvgIpc) is 3.24. The Labute approximate surface area is 154 Å². The Morgan fingerprint density at radius 3 is 2.44 bits per heavy atom. The molecular weight excluding hydrogens is 344 g/mol. The molecule has 0 aliphatic carbocycles. The molecule has 2 aromatic carbocycles. The van der Waals surface area contributed by atoms with E-state index in [1.54, 1.807) is 67.6 Å². The van der Waals surface area contributed by atoms with Gasteiger partial charge in [-0.2, -0.15) is 0 Å². The summed E-state index contributed by atoms with van der Waals surface area (Å²) in [5.74, 6) is 0.248. The molecule has 0 saturated carbocycles. The molecule has 1 atom stereocenters. The molecule has 4 aromatic rings. The molecule has 0 amide bonds. The lowest BCUT2D eigenvalue weighted by Crippen LogP contribution is -2.26. The van der Waals surface area contributed by atoms with Crippen molar-refractivity contribution in [2.75, 3.05) is 0 Å². The summed E-state index contributed by atoms with van der Waals surface area (Å²) in [5, 5.41) is 0.377. The highest BCUT2D eigenvalue weighted by Crippen LogP contribution is 2.31. The lowest BCUT2D eigenvalue weighted by atomic mass is 10.1. The van der Waals surface area contributed by atoms with Gasteiger partial charge in [0.05, 0.1) is 11.6 Å². The molecule has 134 valence electrons. The third kappa shape index (κ3) is 3.15. The number of carbonyl (C=O) groups is 1. The molecule has 0 saturated heterocycles. The third-order valence-corrected chi connectivity index (χ3v) is 4.22. The first kappa shape index (κ1) is 16.8. The van der Waals surface area contributed by atoms with Crippen molar-refractivity contribution < 1.29 is 18.4 Å². The van der Waals surface area contributed by atoms with Crippen molar-refractivity contribution in [3.05, 3.63) is 88.8 Å². The Kier molecular flexibility index (Phi) is 4.34. The topological polar surface area (TPSA) is 69.7 Å². The van der Waals surface area contributed by atoms with Gasteiger partial charge in [-0.15, -0.1) is 0 Å². The summed E-state index contributed by atoms with van der Waals surface area (Å²) in [6.45, 7) is 1.61. The number of furan rings is 1. The number of carbonyl (C=O) groups excluding carboxylic acids is 1. The van der Waals surface area contributed by atoms with Crippen LogP contribution in [0.25, 0.3) is 22.5 Å². The van der Waals surface area contributed by atoms with Gasteiger partial charge in [-0.3, -0.25) is 9.59 Å². The molecule has 0 bridgehead atoms. The van der Waals surface area contributed by atoms with Crippen LogP contribution in [0.15, 0.2) is 86.6 Å². The second kappa shape index (κ2) is 6.96. The van der Waals surface area contributed by atoms with E-state index in [-0.39, 0.29) is 22.7 Å². The van der Waals surface area contributed by atoms with E-state index in [1.807, 2.05) is 6.07 Å². The van der Waals surface area contributed by atoms with Gasteiger partial charge in [-0.05, 0) is 31.2 Å². The maximum Gasteiger partial charge on any atom is 0.235 e. The number of Topliss-reactive ketones (excluding diaryl/α,β-unsaturated/α-hetero) is 1. The van der Waals surface area contributed by atoms with E-state index >= 15 is 0 Å². The summed E-state index contributed by atoms with van der Waals surface area (Å²) < 4.78 is 17.1. The maximum atomic E-state index is 13.0. The Hall–Kier alpha value is -3.60.